The fraction of sp³-hybridized carbons (Fsp3) is 0.625. The molecule has 0 aliphatic carbocycles. The molecule has 0 unspecified atom stereocenters. The van der Waals surface area contributed by atoms with E-state index in [9.17, 15) is 4.79 Å². The number of carbonyl (C=O) groups excluding carboxylic acids is 1. The molecule has 0 heterocycles. The number of likely N-dealkylation sites (N-methyl/N-ethyl adjacent to an activating group) is 1. The molecule has 0 saturated heterocycles. The molecule has 0 fully saturated rings. The van der Waals surface area contributed by atoms with Crippen molar-refractivity contribution in [3.63, 3.8) is 0 Å². The Labute approximate surface area is 120 Å². The van der Waals surface area contributed by atoms with Crippen LogP contribution in [0.3, 0.4) is 0 Å². The maximum atomic E-state index is 10.6. The van der Waals surface area contributed by atoms with E-state index in [0.717, 1.165) is 11.0 Å². The lowest BCUT2D eigenvalue weighted by Gasteiger charge is -2.23. The van der Waals surface area contributed by atoms with Gasteiger partial charge in [0.05, 0.1) is 21.1 Å². The van der Waals surface area contributed by atoms with E-state index < -0.39 is 0 Å². The molecule has 0 radical (unpaired) electrons. The molecular weight excluding hydrogens is 410 g/mol. The normalized spacial score (nSPS) is 8.50. The highest BCUT2D eigenvalue weighted by Gasteiger charge is 2.06. The summed E-state index contributed by atoms with van der Waals surface area (Å²) in [5.41, 5.74) is 0. The zero-order valence-electron chi connectivity index (χ0n) is 8.96. The van der Waals surface area contributed by atoms with Crippen LogP contribution in [0, 0.1) is 0 Å². The number of nitrogens with zero attached hydrogens (tertiary/aromatic N) is 1. The van der Waals surface area contributed by atoms with Crippen molar-refractivity contribution < 1.29 is 38.0 Å². The van der Waals surface area contributed by atoms with Gasteiger partial charge in [0.25, 0.3) is 0 Å². The highest BCUT2D eigenvalue weighted by atomic mass is 127. The van der Waals surface area contributed by atoms with Crippen LogP contribution in [-0.4, -0.2) is 44.7 Å². The molecule has 0 aliphatic heterocycles. The summed E-state index contributed by atoms with van der Waals surface area (Å²) in [6.07, 6.45) is 1.18. The second-order valence-corrected chi connectivity index (χ2v) is 3.39. The van der Waals surface area contributed by atoms with Crippen molar-refractivity contribution in [1.29, 1.82) is 0 Å². The second-order valence-electron chi connectivity index (χ2n) is 3.39. The van der Waals surface area contributed by atoms with Crippen LogP contribution in [0.2, 0.25) is 0 Å². The van der Waals surface area contributed by atoms with E-state index >= 15 is 0 Å². The largest absolute Gasteiger partial charge is 1.00 e. The van der Waals surface area contributed by atoms with Crippen LogP contribution in [0.5, 0.6) is 0 Å². The summed E-state index contributed by atoms with van der Waals surface area (Å²) in [6, 6.07) is 0. The number of hydrogen-bond acceptors (Lipinski definition) is 3. The van der Waals surface area contributed by atoms with Gasteiger partial charge in [-0.25, -0.2) is 4.79 Å². The maximum absolute atomic E-state index is 10.6. The van der Waals surface area contributed by atoms with Gasteiger partial charge in [0.2, 0.25) is 0 Å². The third-order valence-corrected chi connectivity index (χ3v) is 1.17. The Morgan fingerprint density at radius 1 is 1.43 bits per heavy atom. The van der Waals surface area contributed by atoms with E-state index in [-0.39, 0.29) is 60.1 Å². The lowest BCUT2D eigenvalue weighted by Crippen LogP contribution is -3.00. The van der Waals surface area contributed by atoms with Crippen molar-refractivity contribution in [3.8, 4) is 0 Å². The molecule has 0 aliphatic rings. The van der Waals surface area contributed by atoms with Gasteiger partial charge in [-0.3, -0.25) is 0 Å². The van der Waals surface area contributed by atoms with Crippen molar-refractivity contribution in [3.05, 3.63) is 12.7 Å². The molecule has 4 nitrogen and oxygen atoms in total. The van der Waals surface area contributed by atoms with Gasteiger partial charge < -0.3 is 39.3 Å². The van der Waals surface area contributed by atoms with Gasteiger partial charge in [-0.2, -0.15) is 0 Å². The third-order valence-electron chi connectivity index (χ3n) is 1.17. The average molecular weight is 430 g/mol. The fourth-order valence-electron chi connectivity index (χ4n) is 0.479. The van der Waals surface area contributed by atoms with Crippen molar-refractivity contribution in [2.45, 2.75) is 0 Å². The number of ether oxygens (including phenoxy) is 1. The van der Waals surface area contributed by atoms with Crippen LogP contribution < -0.4 is 30.1 Å². The van der Waals surface area contributed by atoms with Crippen molar-refractivity contribution in [2.24, 2.45) is 0 Å². The van der Waals surface area contributed by atoms with Crippen LogP contribution in [-0.2, 0) is 9.53 Å². The molecule has 0 bridgehead atoms. The van der Waals surface area contributed by atoms with Crippen molar-refractivity contribution >= 4 is 29.9 Å². The highest BCUT2D eigenvalue weighted by Crippen LogP contribution is 1.89. The summed E-state index contributed by atoms with van der Waals surface area (Å²) in [5, 5.41) is 0. The zero-order valence-corrected chi connectivity index (χ0v) is 13.4. The van der Waals surface area contributed by atoms with Gasteiger partial charge in [0.15, 0.2) is 0 Å². The molecule has 88 valence electrons. The molecule has 0 amide bonds. The molecule has 0 rings (SSSR count). The van der Waals surface area contributed by atoms with Crippen LogP contribution in [0.15, 0.2) is 12.7 Å². The standard InChI is InChI=1S/C8H16NO2.2HI.H3N/c1-5-8(10)11-7-6-9(2,3)4;;;/h5H,1,6-7H2,2-4H3;2*1H;1H3/q+1;;;/p-1. The van der Waals surface area contributed by atoms with Crippen LogP contribution in [0.25, 0.3) is 0 Å². The molecule has 0 aromatic carbocycles. The molecule has 0 aromatic heterocycles. The lowest BCUT2D eigenvalue weighted by molar-refractivity contribution is -0.870. The minimum atomic E-state index is -0.349. The first-order valence-corrected chi connectivity index (χ1v) is 3.55. The van der Waals surface area contributed by atoms with E-state index in [1.54, 1.807) is 0 Å². The molecular formula is C8H20I2N2O2. The molecule has 3 N–H and O–H groups in total. The summed E-state index contributed by atoms with van der Waals surface area (Å²) in [5.74, 6) is -0.349. The van der Waals surface area contributed by atoms with E-state index in [4.69, 9.17) is 4.74 Å². The van der Waals surface area contributed by atoms with E-state index in [2.05, 4.69) is 6.58 Å². The number of carbonyl (C=O) groups is 1. The Morgan fingerprint density at radius 2 is 1.86 bits per heavy atom. The minimum absolute atomic E-state index is 0. The predicted octanol–water partition coefficient (Wildman–Crippen LogP) is -1.79. The van der Waals surface area contributed by atoms with Gasteiger partial charge in [0.1, 0.15) is 13.2 Å². The highest BCUT2D eigenvalue weighted by molar-refractivity contribution is 14.0. The summed E-state index contributed by atoms with van der Waals surface area (Å²) >= 11 is 0. The molecule has 0 spiro atoms. The van der Waals surface area contributed by atoms with Crippen LogP contribution in [0.1, 0.15) is 0 Å². The number of rotatable bonds is 4. The Bertz CT molecular complexity index is 158. The molecule has 0 aromatic rings. The van der Waals surface area contributed by atoms with Gasteiger partial charge in [0, 0.05) is 6.08 Å². The first-order chi connectivity index (χ1) is 4.95. The topological polar surface area (TPSA) is 61.3 Å². The lowest BCUT2D eigenvalue weighted by atomic mass is 10.5. The number of esters is 1. The monoisotopic (exact) mass is 430 g/mol. The summed E-state index contributed by atoms with van der Waals surface area (Å²) in [6.45, 7) is 4.57. The smallest absolute Gasteiger partial charge is 0.330 e. The third kappa shape index (κ3) is 18.4. The molecule has 0 atom stereocenters. The first kappa shape index (κ1) is 24.0. The summed E-state index contributed by atoms with van der Waals surface area (Å²) < 4.78 is 5.59. The first-order valence-electron chi connectivity index (χ1n) is 3.55. The van der Waals surface area contributed by atoms with E-state index in [0.29, 0.717) is 6.61 Å². The van der Waals surface area contributed by atoms with Gasteiger partial charge >= 0.3 is 5.97 Å². The Balaban J connectivity index is -0.000000167. The molecule has 14 heavy (non-hydrogen) atoms. The van der Waals surface area contributed by atoms with E-state index in [1.807, 2.05) is 21.1 Å². The number of halogens is 2. The second kappa shape index (κ2) is 11.7. The quantitative estimate of drug-likeness (QED) is 0.248. The van der Waals surface area contributed by atoms with Gasteiger partial charge in [-0.15, -0.1) is 24.0 Å². The van der Waals surface area contributed by atoms with Gasteiger partial charge in [-0.05, 0) is 0 Å². The number of hydrogen-bond donors (Lipinski definition) is 1. The minimum Gasteiger partial charge on any atom is -1.00 e. The van der Waals surface area contributed by atoms with Crippen molar-refractivity contribution in [2.75, 3.05) is 34.3 Å². The van der Waals surface area contributed by atoms with Crippen LogP contribution >= 0.6 is 24.0 Å². The van der Waals surface area contributed by atoms with Gasteiger partial charge in [-0.1, -0.05) is 6.58 Å². The predicted molar refractivity (Wildman–Crippen MR) is 64.5 cm³/mol. The Kier molecular flexibility index (Phi) is 20.0. The average Bonchev–Trinajstić information content (AvgIpc) is 1.85. The molecule has 6 heteroatoms. The fourth-order valence-corrected chi connectivity index (χ4v) is 0.479. The molecule has 0 saturated carbocycles. The Hall–Kier alpha value is 0.590. The van der Waals surface area contributed by atoms with E-state index in [1.165, 1.54) is 6.08 Å². The van der Waals surface area contributed by atoms with Crippen molar-refractivity contribution in [1.82, 2.24) is 6.15 Å². The SMILES string of the molecule is C=CC(=O)OCC[N+](C)(C)C.I.N.[I-]. The maximum Gasteiger partial charge on any atom is 0.330 e. The number of quaternary nitrogens is 1. The van der Waals surface area contributed by atoms with Crippen LogP contribution in [0.4, 0.5) is 0 Å². The Morgan fingerprint density at radius 3 is 2.14 bits per heavy atom. The summed E-state index contributed by atoms with van der Waals surface area (Å²) in [7, 11) is 6.13. The zero-order chi connectivity index (χ0) is 8.91. The summed E-state index contributed by atoms with van der Waals surface area (Å²) in [4.78, 5) is 10.6.